The number of rotatable bonds is 5. The van der Waals surface area contributed by atoms with Crippen molar-refractivity contribution >= 4 is 5.91 Å². The Hall–Kier alpha value is -1.91. The fraction of sp³-hybridized carbons (Fsp3) is 0.533. The minimum Gasteiger partial charge on any atom is -0.472 e. The van der Waals surface area contributed by atoms with E-state index in [1.54, 1.807) is 18.3 Å². The van der Waals surface area contributed by atoms with Crippen molar-refractivity contribution < 1.29 is 9.53 Å². The van der Waals surface area contributed by atoms with E-state index in [9.17, 15) is 4.79 Å². The van der Waals surface area contributed by atoms with Crippen LogP contribution in [0.5, 0.6) is 5.88 Å². The van der Waals surface area contributed by atoms with Gasteiger partial charge in [-0.1, -0.05) is 6.08 Å². The molecule has 1 atom stereocenters. The summed E-state index contributed by atoms with van der Waals surface area (Å²) in [4.78, 5) is 22.2. The van der Waals surface area contributed by atoms with Crippen molar-refractivity contribution in [2.75, 3.05) is 13.1 Å². The van der Waals surface area contributed by atoms with Gasteiger partial charge in [0.1, 0.15) is 11.9 Å². The third kappa shape index (κ3) is 4.05. The number of carbonyl (C=O) groups is 1. The molecule has 0 aromatic carbocycles. The fourth-order valence-corrected chi connectivity index (χ4v) is 2.32. The average molecular weight is 275 g/mol. The zero-order valence-corrected chi connectivity index (χ0v) is 11.9. The molecular formula is C15H21N3O2. The van der Waals surface area contributed by atoms with Gasteiger partial charge < -0.3 is 9.64 Å². The highest BCUT2D eigenvalue weighted by molar-refractivity contribution is 5.76. The lowest BCUT2D eigenvalue weighted by atomic mass is 10.1. The first-order valence-electron chi connectivity index (χ1n) is 7.04. The van der Waals surface area contributed by atoms with Crippen LogP contribution in [0.1, 0.15) is 31.5 Å². The van der Waals surface area contributed by atoms with Crippen LogP contribution in [0.25, 0.3) is 0 Å². The summed E-state index contributed by atoms with van der Waals surface area (Å²) < 4.78 is 5.86. The average Bonchev–Trinajstić information content (AvgIpc) is 2.45. The SMILES string of the molecule is C=CCCC(=O)N1CCC[C@H](Oc2ccnc(C)n2)C1. The molecule has 108 valence electrons. The largest absolute Gasteiger partial charge is 0.472 e. The zero-order chi connectivity index (χ0) is 14.4. The predicted octanol–water partition coefficient (Wildman–Crippen LogP) is 2.12. The summed E-state index contributed by atoms with van der Waals surface area (Å²) in [5, 5.41) is 0. The van der Waals surface area contributed by atoms with Gasteiger partial charge in [-0.3, -0.25) is 4.79 Å². The molecule has 1 amide bonds. The number of likely N-dealkylation sites (tertiary alicyclic amines) is 1. The minimum absolute atomic E-state index is 0.0192. The Morgan fingerprint density at radius 3 is 3.25 bits per heavy atom. The number of ether oxygens (including phenoxy) is 1. The van der Waals surface area contributed by atoms with E-state index in [-0.39, 0.29) is 12.0 Å². The van der Waals surface area contributed by atoms with Crippen LogP contribution in [0.4, 0.5) is 0 Å². The van der Waals surface area contributed by atoms with Crippen LogP contribution in [0.2, 0.25) is 0 Å². The first kappa shape index (κ1) is 14.5. The smallest absolute Gasteiger partial charge is 0.223 e. The normalized spacial score (nSPS) is 18.6. The van der Waals surface area contributed by atoms with E-state index < -0.39 is 0 Å². The molecule has 0 unspecified atom stereocenters. The molecule has 0 saturated carbocycles. The van der Waals surface area contributed by atoms with Gasteiger partial charge in [-0.15, -0.1) is 6.58 Å². The topological polar surface area (TPSA) is 55.3 Å². The van der Waals surface area contributed by atoms with Crippen molar-refractivity contribution in [3.05, 3.63) is 30.7 Å². The van der Waals surface area contributed by atoms with Crippen molar-refractivity contribution in [1.82, 2.24) is 14.9 Å². The monoisotopic (exact) mass is 275 g/mol. The Morgan fingerprint density at radius 2 is 2.50 bits per heavy atom. The lowest BCUT2D eigenvalue weighted by Gasteiger charge is -2.32. The van der Waals surface area contributed by atoms with Crippen molar-refractivity contribution in [3.8, 4) is 5.88 Å². The molecule has 0 aliphatic carbocycles. The van der Waals surface area contributed by atoms with E-state index in [4.69, 9.17) is 4.74 Å². The zero-order valence-electron chi connectivity index (χ0n) is 11.9. The van der Waals surface area contributed by atoms with Gasteiger partial charge in [0.2, 0.25) is 11.8 Å². The lowest BCUT2D eigenvalue weighted by Crippen LogP contribution is -2.44. The first-order valence-corrected chi connectivity index (χ1v) is 7.04. The second-order valence-corrected chi connectivity index (χ2v) is 4.99. The lowest BCUT2D eigenvalue weighted by molar-refractivity contribution is -0.133. The van der Waals surface area contributed by atoms with Crippen molar-refractivity contribution in [3.63, 3.8) is 0 Å². The summed E-state index contributed by atoms with van der Waals surface area (Å²) in [5.41, 5.74) is 0. The van der Waals surface area contributed by atoms with E-state index in [1.165, 1.54) is 0 Å². The van der Waals surface area contributed by atoms with Crippen molar-refractivity contribution in [2.24, 2.45) is 0 Å². The van der Waals surface area contributed by atoms with E-state index in [1.807, 2.05) is 11.8 Å². The second kappa shape index (κ2) is 7.03. The summed E-state index contributed by atoms with van der Waals surface area (Å²) >= 11 is 0. The molecule has 2 heterocycles. The Morgan fingerprint density at radius 1 is 1.65 bits per heavy atom. The molecule has 5 heteroatoms. The molecule has 5 nitrogen and oxygen atoms in total. The highest BCUT2D eigenvalue weighted by Gasteiger charge is 2.24. The number of aromatic nitrogens is 2. The van der Waals surface area contributed by atoms with Gasteiger partial charge in [0, 0.05) is 25.2 Å². The highest BCUT2D eigenvalue weighted by atomic mass is 16.5. The van der Waals surface area contributed by atoms with Gasteiger partial charge in [0.05, 0.1) is 6.54 Å². The van der Waals surface area contributed by atoms with Crippen LogP contribution in [0.15, 0.2) is 24.9 Å². The Kier molecular flexibility index (Phi) is 5.09. The van der Waals surface area contributed by atoms with E-state index >= 15 is 0 Å². The molecular weight excluding hydrogens is 254 g/mol. The summed E-state index contributed by atoms with van der Waals surface area (Å²) in [6.45, 7) is 6.94. The highest BCUT2D eigenvalue weighted by Crippen LogP contribution is 2.17. The number of allylic oxidation sites excluding steroid dienone is 1. The summed E-state index contributed by atoms with van der Waals surface area (Å²) in [5.74, 6) is 1.46. The quantitative estimate of drug-likeness (QED) is 0.772. The second-order valence-electron chi connectivity index (χ2n) is 4.99. The molecule has 20 heavy (non-hydrogen) atoms. The maximum Gasteiger partial charge on any atom is 0.223 e. The summed E-state index contributed by atoms with van der Waals surface area (Å²) in [6.07, 6.45) is 6.66. The number of aryl methyl sites for hydroxylation is 1. The van der Waals surface area contributed by atoms with Gasteiger partial charge in [-0.25, -0.2) is 4.98 Å². The molecule has 0 bridgehead atoms. The molecule has 1 aromatic heterocycles. The van der Waals surface area contributed by atoms with Crippen molar-refractivity contribution in [2.45, 2.75) is 38.7 Å². The molecule has 2 rings (SSSR count). The van der Waals surface area contributed by atoms with Crippen LogP contribution >= 0.6 is 0 Å². The van der Waals surface area contributed by atoms with Crippen LogP contribution in [-0.4, -0.2) is 40.0 Å². The number of hydrogen-bond acceptors (Lipinski definition) is 4. The molecule has 1 saturated heterocycles. The third-order valence-electron chi connectivity index (χ3n) is 3.33. The summed E-state index contributed by atoms with van der Waals surface area (Å²) in [6, 6.07) is 1.76. The molecule has 0 spiro atoms. The van der Waals surface area contributed by atoms with Gasteiger partial charge >= 0.3 is 0 Å². The first-order chi connectivity index (χ1) is 9.69. The molecule has 0 N–H and O–H groups in total. The molecule has 0 radical (unpaired) electrons. The van der Waals surface area contributed by atoms with E-state index in [0.717, 1.165) is 25.8 Å². The standard InChI is InChI=1S/C15H21N3O2/c1-3-4-7-15(19)18-10-5-6-13(11-18)20-14-8-9-16-12(2)17-14/h3,8-9,13H,1,4-7,10-11H2,2H3/t13-/m0/s1. The van der Waals surface area contributed by atoms with Gasteiger partial charge in [-0.2, -0.15) is 4.98 Å². The van der Waals surface area contributed by atoms with Gasteiger partial charge in [0.15, 0.2) is 0 Å². The van der Waals surface area contributed by atoms with Crippen LogP contribution in [0, 0.1) is 6.92 Å². The van der Waals surface area contributed by atoms with Crippen LogP contribution in [0.3, 0.4) is 0 Å². The molecule has 1 fully saturated rings. The van der Waals surface area contributed by atoms with Crippen molar-refractivity contribution in [1.29, 1.82) is 0 Å². The number of hydrogen-bond donors (Lipinski definition) is 0. The molecule has 1 aliphatic heterocycles. The number of carbonyl (C=O) groups excluding carboxylic acids is 1. The molecule has 1 aliphatic rings. The molecule has 1 aromatic rings. The van der Waals surface area contributed by atoms with Crippen LogP contribution < -0.4 is 4.74 Å². The van der Waals surface area contributed by atoms with E-state index in [0.29, 0.717) is 24.7 Å². The van der Waals surface area contributed by atoms with Gasteiger partial charge in [0.25, 0.3) is 0 Å². The maximum absolute atomic E-state index is 12.0. The Balaban J connectivity index is 1.90. The number of nitrogens with zero attached hydrogens (tertiary/aromatic N) is 3. The summed E-state index contributed by atoms with van der Waals surface area (Å²) in [7, 11) is 0. The fourth-order valence-electron chi connectivity index (χ4n) is 2.32. The third-order valence-corrected chi connectivity index (χ3v) is 3.33. The Labute approximate surface area is 119 Å². The number of piperidine rings is 1. The van der Waals surface area contributed by atoms with Crippen LogP contribution in [-0.2, 0) is 4.79 Å². The number of amides is 1. The Bertz CT molecular complexity index is 476. The van der Waals surface area contributed by atoms with E-state index in [2.05, 4.69) is 16.5 Å². The predicted molar refractivity (Wildman–Crippen MR) is 76.4 cm³/mol. The minimum atomic E-state index is 0.0192. The van der Waals surface area contributed by atoms with Gasteiger partial charge in [-0.05, 0) is 26.2 Å². The maximum atomic E-state index is 12.0.